The number of rotatable bonds is 4. The lowest BCUT2D eigenvalue weighted by Gasteiger charge is -2.32. The average molecular weight is 339 g/mol. The summed E-state index contributed by atoms with van der Waals surface area (Å²) in [7, 11) is 0. The van der Waals surface area contributed by atoms with E-state index in [1.54, 1.807) is 0 Å². The molecule has 0 saturated carbocycles. The first-order valence-electron chi connectivity index (χ1n) is 9.15. The number of likely N-dealkylation sites (tertiary alicyclic amines) is 1. The number of piperidine rings is 1. The minimum Gasteiger partial charge on any atom is -0.312 e. The summed E-state index contributed by atoms with van der Waals surface area (Å²) in [5.41, 5.74) is 1.02. The molecule has 1 atom stereocenters. The van der Waals surface area contributed by atoms with Gasteiger partial charge in [-0.3, -0.25) is 9.89 Å². The molecule has 0 radical (unpaired) electrons. The standard InChI is InChI=1S/C19H25N5O/c1-14-20-19(22-21-14)16-7-9-23(10-8-16)12-15-11-18(25)24(13-15)17-5-3-2-4-6-17/h2-6,15-16H,7-13H2,1H3,(H,20,21,22)/t15-/m0/s1. The first kappa shape index (κ1) is 16.3. The molecule has 2 saturated heterocycles. The van der Waals surface area contributed by atoms with Gasteiger partial charge < -0.3 is 9.80 Å². The van der Waals surface area contributed by atoms with E-state index in [4.69, 9.17) is 0 Å². The van der Waals surface area contributed by atoms with Crippen molar-refractivity contribution in [2.75, 3.05) is 31.1 Å². The quantitative estimate of drug-likeness (QED) is 0.929. The third-order valence-electron chi connectivity index (χ3n) is 5.36. The summed E-state index contributed by atoms with van der Waals surface area (Å²) < 4.78 is 0. The topological polar surface area (TPSA) is 65.1 Å². The molecule has 2 aromatic rings. The van der Waals surface area contributed by atoms with E-state index in [1.807, 2.05) is 42.2 Å². The molecule has 132 valence electrons. The number of hydrogen-bond acceptors (Lipinski definition) is 4. The molecule has 6 heteroatoms. The van der Waals surface area contributed by atoms with Crippen LogP contribution in [0.5, 0.6) is 0 Å². The zero-order valence-corrected chi connectivity index (χ0v) is 14.7. The lowest BCUT2D eigenvalue weighted by molar-refractivity contribution is -0.117. The van der Waals surface area contributed by atoms with Crippen molar-refractivity contribution in [1.29, 1.82) is 0 Å². The van der Waals surface area contributed by atoms with Gasteiger partial charge in [-0.15, -0.1) is 0 Å². The predicted octanol–water partition coefficient (Wildman–Crippen LogP) is 2.35. The summed E-state index contributed by atoms with van der Waals surface area (Å²) in [6, 6.07) is 10.0. The number of benzene rings is 1. The molecule has 1 aromatic carbocycles. The molecule has 0 bridgehead atoms. The molecule has 1 amide bonds. The summed E-state index contributed by atoms with van der Waals surface area (Å²) in [5, 5.41) is 7.26. The van der Waals surface area contributed by atoms with E-state index in [9.17, 15) is 4.79 Å². The fourth-order valence-corrected chi connectivity index (χ4v) is 4.04. The van der Waals surface area contributed by atoms with E-state index in [0.717, 1.165) is 56.4 Å². The smallest absolute Gasteiger partial charge is 0.227 e. The van der Waals surface area contributed by atoms with E-state index in [0.29, 0.717) is 18.3 Å². The second kappa shape index (κ2) is 6.96. The molecule has 0 spiro atoms. The number of para-hydroxylation sites is 1. The Hall–Kier alpha value is -2.21. The SMILES string of the molecule is Cc1nc(C2CCN(C[C@@H]3CC(=O)N(c4ccccc4)C3)CC2)n[nH]1. The Labute approximate surface area is 148 Å². The number of aryl methyl sites for hydroxylation is 1. The number of amides is 1. The lowest BCUT2D eigenvalue weighted by Crippen LogP contribution is -2.37. The number of H-pyrrole nitrogens is 1. The third kappa shape index (κ3) is 3.58. The second-order valence-electron chi connectivity index (χ2n) is 7.26. The molecule has 2 fully saturated rings. The molecule has 2 aliphatic rings. The number of nitrogens with one attached hydrogen (secondary N) is 1. The Morgan fingerprint density at radius 3 is 2.64 bits per heavy atom. The molecule has 1 N–H and O–H groups in total. The predicted molar refractivity (Wildman–Crippen MR) is 96.4 cm³/mol. The van der Waals surface area contributed by atoms with Gasteiger partial charge in [0, 0.05) is 31.1 Å². The van der Waals surface area contributed by atoms with Crippen LogP contribution >= 0.6 is 0 Å². The highest BCUT2D eigenvalue weighted by Crippen LogP contribution is 2.29. The van der Waals surface area contributed by atoms with Crippen molar-refractivity contribution in [1.82, 2.24) is 20.1 Å². The minimum atomic E-state index is 0.252. The Morgan fingerprint density at radius 1 is 1.20 bits per heavy atom. The Kier molecular flexibility index (Phi) is 4.53. The third-order valence-corrected chi connectivity index (χ3v) is 5.36. The van der Waals surface area contributed by atoms with Crippen LogP contribution in [0, 0.1) is 12.8 Å². The molecular formula is C19H25N5O. The Balaban J connectivity index is 1.30. The van der Waals surface area contributed by atoms with E-state index in [2.05, 4.69) is 20.1 Å². The highest BCUT2D eigenvalue weighted by atomic mass is 16.2. The van der Waals surface area contributed by atoms with E-state index < -0.39 is 0 Å². The highest BCUT2D eigenvalue weighted by Gasteiger charge is 2.33. The van der Waals surface area contributed by atoms with Gasteiger partial charge in [0.1, 0.15) is 5.82 Å². The van der Waals surface area contributed by atoms with Crippen molar-refractivity contribution in [2.45, 2.75) is 32.1 Å². The summed E-state index contributed by atoms with van der Waals surface area (Å²) in [6.45, 7) is 5.92. The van der Waals surface area contributed by atoms with Gasteiger partial charge in [-0.25, -0.2) is 4.98 Å². The van der Waals surface area contributed by atoms with Crippen molar-refractivity contribution in [3.8, 4) is 0 Å². The van der Waals surface area contributed by atoms with Gasteiger partial charge in [0.2, 0.25) is 5.91 Å². The number of hydrogen-bond donors (Lipinski definition) is 1. The highest BCUT2D eigenvalue weighted by molar-refractivity contribution is 5.95. The van der Waals surface area contributed by atoms with Crippen molar-refractivity contribution in [2.24, 2.45) is 5.92 Å². The van der Waals surface area contributed by atoms with E-state index in [1.165, 1.54) is 0 Å². The molecule has 0 unspecified atom stereocenters. The maximum atomic E-state index is 12.4. The van der Waals surface area contributed by atoms with Crippen LogP contribution in [-0.2, 0) is 4.79 Å². The fourth-order valence-electron chi connectivity index (χ4n) is 4.04. The summed E-state index contributed by atoms with van der Waals surface area (Å²) in [4.78, 5) is 21.3. The number of aromatic amines is 1. The van der Waals surface area contributed by atoms with Crippen LogP contribution in [0.3, 0.4) is 0 Å². The van der Waals surface area contributed by atoms with Crippen LogP contribution < -0.4 is 4.90 Å². The van der Waals surface area contributed by atoms with Gasteiger partial charge in [-0.1, -0.05) is 18.2 Å². The van der Waals surface area contributed by atoms with Gasteiger partial charge in [-0.2, -0.15) is 5.10 Å². The van der Waals surface area contributed by atoms with Crippen LogP contribution in [0.2, 0.25) is 0 Å². The first-order valence-corrected chi connectivity index (χ1v) is 9.15. The molecule has 2 aliphatic heterocycles. The number of nitrogens with zero attached hydrogens (tertiary/aromatic N) is 4. The molecule has 3 heterocycles. The van der Waals surface area contributed by atoms with Crippen molar-refractivity contribution in [3.63, 3.8) is 0 Å². The van der Waals surface area contributed by atoms with Gasteiger partial charge in [0.05, 0.1) is 0 Å². The fraction of sp³-hybridized carbons (Fsp3) is 0.526. The van der Waals surface area contributed by atoms with Gasteiger partial charge in [-0.05, 0) is 50.9 Å². The Bertz CT molecular complexity index is 720. The zero-order chi connectivity index (χ0) is 17.2. The molecule has 25 heavy (non-hydrogen) atoms. The van der Waals surface area contributed by atoms with Gasteiger partial charge in [0.25, 0.3) is 0 Å². The molecule has 4 rings (SSSR count). The molecule has 6 nitrogen and oxygen atoms in total. The minimum absolute atomic E-state index is 0.252. The van der Waals surface area contributed by atoms with Crippen LogP contribution in [0.15, 0.2) is 30.3 Å². The van der Waals surface area contributed by atoms with Crippen LogP contribution in [0.4, 0.5) is 5.69 Å². The van der Waals surface area contributed by atoms with E-state index >= 15 is 0 Å². The van der Waals surface area contributed by atoms with Crippen molar-refractivity contribution >= 4 is 11.6 Å². The number of anilines is 1. The summed E-state index contributed by atoms with van der Waals surface area (Å²) in [5.74, 6) is 3.00. The molecule has 1 aromatic heterocycles. The van der Waals surface area contributed by atoms with Crippen LogP contribution in [0.25, 0.3) is 0 Å². The number of carbonyl (C=O) groups excluding carboxylic acids is 1. The largest absolute Gasteiger partial charge is 0.312 e. The normalized spacial score (nSPS) is 22.7. The number of aromatic nitrogens is 3. The maximum Gasteiger partial charge on any atom is 0.227 e. The average Bonchev–Trinajstić information content (AvgIpc) is 3.22. The molecular weight excluding hydrogens is 314 g/mol. The van der Waals surface area contributed by atoms with Crippen LogP contribution in [-0.4, -0.2) is 52.2 Å². The summed E-state index contributed by atoms with van der Waals surface area (Å²) >= 11 is 0. The zero-order valence-electron chi connectivity index (χ0n) is 14.7. The summed E-state index contributed by atoms with van der Waals surface area (Å²) in [6.07, 6.45) is 2.86. The Morgan fingerprint density at radius 2 is 1.96 bits per heavy atom. The monoisotopic (exact) mass is 339 g/mol. The van der Waals surface area contributed by atoms with Crippen LogP contribution in [0.1, 0.15) is 36.8 Å². The van der Waals surface area contributed by atoms with E-state index in [-0.39, 0.29) is 5.91 Å². The number of carbonyl (C=O) groups is 1. The van der Waals surface area contributed by atoms with Gasteiger partial charge in [0.15, 0.2) is 5.82 Å². The van der Waals surface area contributed by atoms with Gasteiger partial charge >= 0.3 is 0 Å². The first-order chi connectivity index (χ1) is 12.2. The van der Waals surface area contributed by atoms with Crippen molar-refractivity contribution in [3.05, 3.63) is 42.0 Å². The van der Waals surface area contributed by atoms with Crippen molar-refractivity contribution < 1.29 is 4.79 Å². The lowest BCUT2D eigenvalue weighted by atomic mass is 9.95. The molecule has 0 aliphatic carbocycles. The maximum absolute atomic E-state index is 12.4. The second-order valence-corrected chi connectivity index (χ2v) is 7.26.